The average Bonchev–Trinajstić information content (AvgIpc) is 3.78. The predicted octanol–water partition coefficient (Wildman–Crippen LogP) is 4.77. The molecule has 0 radical (unpaired) electrons. The summed E-state index contributed by atoms with van der Waals surface area (Å²) in [5, 5.41) is 13.0. The number of hydrogen-bond donors (Lipinski definition) is 2. The number of likely N-dealkylation sites (tertiary alicyclic amines) is 2. The quantitative estimate of drug-likeness (QED) is 0.531. The Labute approximate surface area is 252 Å². The van der Waals surface area contributed by atoms with Gasteiger partial charge in [0.25, 0.3) is 0 Å². The number of imidazole rings is 1. The van der Waals surface area contributed by atoms with E-state index in [0.717, 1.165) is 118 Å². The van der Waals surface area contributed by atoms with Crippen LogP contribution in [0.1, 0.15) is 106 Å². The zero-order valence-electron chi connectivity index (χ0n) is 25.2. The fourth-order valence-electron chi connectivity index (χ4n) is 8.01. The van der Waals surface area contributed by atoms with Gasteiger partial charge < -0.3 is 20.0 Å². The molecule has 43 heavy (non-hydrogen) atoms. The summed E-state index contributed by atoms with van der Waals surface area (Å²) in [4.78, 5) is 51.2. The van der Waals surface area contributed by atoms with E-state index >= 15 is 0 Å². The van der Waals surface area contributed by atoms with Gasteiger partial charge in [-0.2, -0.15) is 5.06 Å². The van der Waals surface area contributed by atoms with E-state index in [0.29, 0.717) is 5.82 Å². The number of carbonyl (C=O) groups excluding carboxylic acids is 2. The van der Waals surface area contributed by atoms with Gasteiger partial charge >= 0.3 is 0 Å². The van der Waals surface area contributed by atoms with Crippen LogP contribution >= 0.6 is 0 Å². The van der Waals surface area contributed by atoms with Crippen LogP contribution in [-0.2, 0) is 22.4 Å². The second-order valence-electron chi connectivity index (χ2n) is 12.9. The van der Waals surface area contributed by atoms with Crippen molar-refractivity contribution in [3.63, 3.8) is 0 Å². The number of carbonyl (C=O) groups is 2. The first kappa shape index (κ1) is 28.3. The van der Waals surface area contributed by atoms with Gasteiger partial charge in [0, 0.05) is 63.4 Å². The van der Waals surface area contributed by atoms with E-state index in [1.165, 1.54) is 5.06 Å². The van der Waals surface area contributed by atoms with Crippen LogP contribution in [0.5, 0.6) is 0 Å². The van der Waals surface area contributed by atoms with Crippen LogP contribution in [0, 0.1) is 5.92 Å². The summed E-state index contributed by atoms with van der Waals surface area (Å²) in [6.07, 6.45) is 14.0. The number of pyridine rings is 1. The van der Waals surface area contributed by atoms with Crippen molar-refractivity contribution in [2.24, 2.45) is 15.9 Å². The average molecular weight is 587 g/mol. The maximum absolute atomic E-state index is 12.3. The van der Waals surface area contributed by atoms with Gasteiger partial charge in [0.2, 0.25) is 11.8 Å². The number of hydroxylamine groups is 2. The molecule has 2 N–H and O–H groups in total. The number of amides is 2. The number of H-pyrrole nitrogens is 1. The second-order valence-corrected chi connectivity index (χ2v) is 12.9. The highest BCUT2D eigenvalue weighted by molar-refractivity contribution is 5.95. The summed E-state index contributed by atoms with van der Waals surface area (Å²) in [6.45, 7) is 4.84. The normalized spacial score (nSPS) is 29.3. The molecule has 2 amide bonds. The number of aromatic amines is 1. The molecular weight excluding hydrogens is 544 g/mol. The molecule has 11 heteroatoms. The lowest BCUT2D eigenvalue weighted by atomic mass is 9.93. The molecule has 2 aromatic heterocycles. The van der Waals surface area contributed by atoms with Crippen LogP contribution in [0.15, 0.2) is 22.2 Å². The zero-order valence-corrected chi connectivity index (χ0v) is 25.2. The van der Waals surface area contributed by atoms with Crippen molar-refractivity contribution >= 4 is 35.2 Å². The third-order valence-corrected chi connectivity index (χ3v) is 10.2. The molecule has 0 saturated carbocycles. The zero-order chi connectivity index (χ0) is 29.7. The summed E-state index contributed by atoms with van der Waals surface area (Å²) in [6, 6.07) is 1.94. The van der Waals surface area contributed by atoms with Crippen molar-refractivity contribution in [3.8, 4) is 0 Å². The Bertz CT molecular complexity index is 1470. The molecule has 3 saturated heterocycles. The molecule has 228 valence electrons. The highest BCUT2D eigenvalue weighted by Crippen LogP contribution is 2.42. The lowest BCUT2D eigenvalue weighted by Gasteiger charge is -2.29. The summed E-state index contributed by atoms with van der Waals surface area (Å²) in [5.41, 5.74) is 4.94. The number of aliphatic imine (C=N–C) groups is 2. The smallest absolute Gasteiger partial charge is 0.220 e. The third kappa shape index (κ3) is 5.31. The Morgan fingerprint density at radius 1 is 0.930 bits per heavy atom. The second kappa shape index (κ2) is 11.6. The van der Waals surface area contributed by atoms with E-state index in [1.807, 2.05) is 22.2 Å². The van der Waals surface area contributed by atoms with Crippen molar-refractivity contribution in [2.45, 2.75) is 109 Å². The maximum atomic E-state index is 12.3. The molecule has 0 bridgehead atoms. The first-order valence-electron chi connectivity index (χ1n) is 16.1. The Balaban J connectivity index is 1.08. The topological polar surface area (TPSA) is 130 Å². The number of nitrogens with zero attached hydrogens (tertiary/aromatic N) is 7. The van der Waals surface area contributed by atoms with Crippen LogP contribution in [0.2, 0.25) is 0 Å². The molecule has 7 heterocycles. The fraction of sp³-hybridized carbons (Fsp3) is 0.625. The minimum Gasteiger partial charge on any atom is -0.342 e. The van der Waals surface area contributed by atoms with E-state index in [-0.39, 0.29) is 41.9 Å². The molecule has 5 aliphatic heterocycles. The standard InChI is InChI=1S/C32H42N8O3/c1-19(41)38-13-5-9-29(38)24-8-4-3-7-23-25(35-24)15-21(17-33-23)27-11-12-28(40(27)43)22-16-26-31(34-18-22)37-32(36-26)30-10-6-14-39(30)20(2)42/h15,17-18,22,27-30,43H,3-14,16H2,1-2H3,(H,36,37). The van der Waals surface area contributed by atoms with Crippen LogP contribution in [0.25, 0.3) is 0 Å². The van der Waals surface area contributed by atoms with E-state index in [4.69, 9.17) is 15.0 Å². The van der Waals surface area contributed by atoms with Gasteiger partial charge in [-0.1, -0.05) is 0 Å². The van der Waals surface area contributed by atoms with Gasteiger partial charge in [-0.3, -0.25) is 19.6 Å². The molecule has 0 aromatic carbocycles. The highest BCUT2D eigenvalue weighted by Gasteiger charge is 2.40. The number of rotatable bonds is 4. The number of aromatic nitrogens is 3. The minimum absolute atomic E-state index is 0.0191. The summed E-state index contributed by atoms with van der Waals surface area (Å²) in [5.74, 6) is 1.76. The Kier molecular flexibility index (Phi) is 7.63. The highest BCUT2D eigenvalue weighted by atomic mass is 16.5. The first-order chi connectivity index (χ1) is 20.9. The summed E-state index contributed by atoms with van der Waals surface area (Å²) < 4.78 is 0. The van der Waals surface area contributed by atoms with Gasteiger partial charge in [-0.15, -0.1) is 0 Å². The Morgan fingerprint density at radius 2 is 1.67 bits per heavy atom. The molecule has 3 fully saturated rings. The third-order valence-electron chi connectivity index (χ3n) is 10.2. The first-order valence-corrected chi connectivity index (χ1v) is 16.1. The Hall–Kier alpha value is -3.44. The molecule has 11 nitrogen and oxygen atoms in total. The summed E-state index contributed by atoms with van der Waals surface area (Å²) >= 11 is 0. The van der Waals surface area contributed by atoms with Gasteiger partial charge in [-0.05, 0) is 75.8 Å². The van der Waals surface area contributed by atoms with Crippen LogP contribution in [0.3, 0.4) is 0 Å². The molecule has 7 rings (SSSR count). The molecule has 5 atom stereocenters. The largest absolute Gasteiger partial charge is 0.342 e. The van der Waals surface area contributed by atoms with Crippen molar-refractivity contribution in [2.75, 3.05) is 13.1 Å². The fourth-order valence-corrected chi connectivity index (χ4v) is 8.01. The van der Waals surface area contributed by atoms with Crippen LogP contribution in [0.4, 0.5) is 11.5 Å². The Morgan fingerprint density at radius 3 is 2.47 bits per heavy atom. The number of hydrogen-bond acceptors (Lipinski definition) is 8. The molecule has 2 aromatic rings. The maximum Gasteiger partial charge on any atom is 0.220 e. The van der Waals surface area contributed by atoms with E-state index in [9.17, 15) is 14.8 Å². The number of fused-ring (bicyclic) bond motifs is 2. The van der Waals surface area contributed by atoms with Gasteiger partial charge in [0.15, 0.2) is 5.82 Å². The van der Waals surface area contributed by atoms with E-state index in [2.05, 4.69) is 16.0 Å². The predicted molar refractivity (Wildman–Crippen MR) is 162 cm³/mol. The molecule has 5 unspecified atom stereocenters. The van der Waals surface area contributed by atoms with E-state index < -0.39 is 0 Å². The lowest BCUT2D eigenvalue weighted by Crippen LogP contribution is -2.39. The molecule has 5 aliphatic rings. The van der Waals surface area contributed by atoms with Gasteiger partial charge in [0.1, 0.15) is 5.82 Å². The molecule has 0 spiro atoms. The van der Waals surface area contributed by atoms with Crippen molar-refractivity contribution < 1.29 is 14.8 Å². The van der Waals surface area contributed by atoms with Crippen LogP contribution < -0.4 is 0 Å². The monoisotopic (exact) mass is 586 g/mol. The summed E-state index contributed by atoms with van der Waals surface area (Å²) in [7, 11) is 0. The molecular formula is C32H42N8O3. The lowest BCUT2D eigenvalue weighted by molar-refractivity contribution is -0.142. The van der Waals surface area contributed by atoms with E-state index in [1.54, 1.807) is 13.8 Å². The minimum atomic E-state index is -0.165. The number of aryl methyl sites for hydroxylation is 1. The SMILES string of the molecule is CC(=O)N1CCCC1C1=Nc2cc(C3CCC(C4C=Nc5nc(C6CCCN6C(C)=O)[nH]c5C4)N3O)cnc2CCCC1. The van der Waals surface area contributed by atoms with Gasteiger partial charge in [0.05, 0.1) is 35.2 Å². The van der Waals surface area contributed by atoms with Gasteiger partial charge in [-0.25, -0.2) is 9.98 Å². The molecule has 0 aliphatic carbocycles. The van der Waals surface area contributed by atoms with Crippen LogP contribution in [-0.4, -0.2) is 83.9 Å². The van der Waals surface area contributed by atoms with Crippen molar-refractivity contribution in [3.05, 3.63) is 35.0 Å². The number of nitrogens with one attached hydrogen (secondary N) is 1. The van der Waals surface area contributed by atoms with Crippen molar-refractivity contribution in [1.82, 2.24) is 29.8 Å². The van der Waals surface area contributed by atoms with Crippen molar-refractivity contribution in [1.29, 1.82) is 0 Å².